The van der Waals surface area contributed by atoms with Crippen molar-refractivity contribution < 1.29 is 115 Å². The lowest BCUT2D eigenvalue weighted by Crippen LogP contribution is -2.26. The minimum Gasteiger partial charge on any atom is -0.481 e. The third kappa shape index (κ3) is 13.2. The zero-order valence-corrected chi connectivity index (χ0v) is 61.0. The first kappa shape index (κ1) is 69.3. The number of carboxylic acid groups (broad SMARTS) is 4. The third-order valence-corrected chi connectivity index (χ3v) is 21.8. The maximum Gasteiger partial charge on any atom is 0.303 e. The summed E-state index contributed by atoms with van der Waals surface area (Å²) in [6.45, 7) is 0. The molecule has 0 spiro atoms. The van der Waals surface area contributed by atoms with Crippen LogP contribution in [0.25, 0.3) is 0 Å². The quantitative estimate of drug-likeness (QED) is 0.0883. The molecule has 24 heteroatoms. The second-order valence-corrected chi connectivity index (χ2v) is 29.6. The van der Waals surface area contributed by atoms with Crippen molar-refractivity contribution in [2.24, 2.45) is 0 Å². The fraction of sp³-hybridized carbons (Fsp3) is 0.174. The molecule has 8 aliphatic heterocycles. The molecule has 0 amide bonds. The van der Waals surface area contributed by atoms with Gasteiger partial charge >= 0.3 is 23.9 Å². The van der Waals surface area contributed by atoms with Gasteiger partial charge in [-0.1, -0.05) is 24.3 Å². The molecule has 12 aromatic carbocycles. The molecule has 4 N–H and O–H groups in total. The van der Waals surface area contributed by atoms with Gasteiger partial charge in [-0.15, -0.1) is 0 Å². The number of hydrogen-bond donors (Lipinski definition) is 4. The van der Waals surface area contributed by atoms with Crippen molar-refractivity contribution in [1.82, 2.24) is 0 Å². The molecule has 0 saturated heterocycles. The molecule has 24 nitrogen and oxygen atoms in total. The van der Waals surface area contributed by atoms with Gasteiger partial charge in [0.2, 0.25) is 0 Å². The van der Waals surface area contributed by atoms with Crippen LogP contribution in [0.15, 0.2) is 218 Å². The first-order valence-electron chi connectivity index (χ1n) is 37.8. The van der Waals surface area contributed by atoms with Crippen LogP contribution in [0.1, 0.15) is 167 Å². The van der Waals surface area contributed by atoms with Crippen LogP contribution in [0.3, 0.4) is 0 Å². The van der Waals surface area contributed by atoms with E-state index in [1.165, 1.54) is 0 Å². The largest absolute Gasteiger partial charge is 0.481 e. The van der Waals surface area contributed by atoms with Gasteiger partial charge in [-0.25, -0.2) is 0 Å². The molecule has 576 valence electrons. The molecule has 0 radical (unpaired) electrons. The first-order chi connectivity index (χ1) is 56.5. The number of hydrogen-bond acceptors (Lipinski definition) is 20. The van der Waals surface area contributed by atoms with E-state index < -0.39 is 98.4 Å². The molecule has 12 aromatic rings. The van der Waals surface area contributed by atoms with Crippen molar-refractivity contribution in [3.8, 4) is 138 Å². The Morgan fingerprint density at radius 3 is 0.517 bits per heavy atom. The Morgan fingerprint density at radius 2 is 0.362 bits per heavy atom. The normalized spacial score (nSPS) is 19.3. The highest BCUT2D eigenvalue weighted by Crippen LogP contribution is 2.60. The predicted octanol–water partition coefficient (Wildman–Crippen LogP) is 21.5. The zero-order valence-electron chi connectivity index (χ0n) is 61.0. The van der Waals surface area contributed by atoms with Gasteiger partial charge in [0.15, 0.2) is 0 Å². The molecule has 0 atom stereocenters. The summed E-state index contributed by atoms with van der Waals surface area (Å²) in [5, 5.41) is 44.2. The van der Waals surface area contributed by atoms with E-state index in [0.29, 0.717) is 113 Å². The number of carboxylic acids is 4. The number of fused-ring (bicyclic) bond motifs is 16. The van der Waals surface area contributed by atoms with E-state index in [-0.39, 0.29) is 118 Å². The van der Waals surface area contributed by atoms with Crippen LogP contribution < -0.4 is 75.8 Å². The Labute approximate surface area is 659 Å². The van der Waals surface area contributed by atoms with Gasteiger partial charge in [0.05, 0.1) is 0 Å². The van der Waals surface area contributed by atoms with Crippen LogP contribution in [0, 0.1) is 0 Å². The Kier molecular flexibility index (Phi) is 16.5. The summed E-state index contributed by atoms with van der Waals surface area (Å²) in [4.78, 5) is 54.2. The maximum absolute atomic E-state index is 13.5. The first-order valence-corrected chi connectivity index (χ1v) is 37.8. The molecular weight excluding hydrogens is 1490 g/mol. The lowest BCUT2D eigenvalue weighted by Gasteiger charge is -2.38. The minimum atomic E-state index is -1.52. The SMILES string of the molecule is O=C(O)CCC1c2cc3c4cc2OC2Oc5cc6c(cc51)C(CCC(=O)O)c1cc5c7cc1OC(O6)c1cc6cc(c1)Oc1cccc(c1)Oc1cc8cc(c1)C(Oc1cc(c(cc1C5CCC(=O)O)C3CCC(=O)O)OC(O4)c1cc(cc(c1)Oc1cccc(c1)O8)Oc1cccc(c1)Oc1cc(cc2c1)Oc1cccc(c1)O6)O7. The average molecular weight is 1550 g/mol. The van der Waals surface area contributed by atoms with Gasteiger partial charge in [0.1, 0.15) is 138 Å². The smallest absolute Gasteiger partial charge is 0.303 e. The van der Waals surface area contributed by atoms with Crippen molar-refractivity contribution >= 4 is 23.9 Å². The second kappa shape index (κ2) is 27.6. The molecule has 1 aliphatic carbocycles. The molecule has 8 heterocycles. The monoisotopic (exact) mass is 1550 g/mol. The molecule has 0 aromatic heterocycles. The van der Waals surface area contributed by atoms with Crippen LogP contribution in [0.2, 0.25) is 0 Å². The number of aliphatic carboxylic acids is 4. The fourth-order valence-corrected chi connectivity index (χ4v) is 16.8. The third-order valence-electron chi connectivity index (χ3n) is 21.8. The van der Waals surface area contributed by atoms with Crippen LogP contribution in [0.5, 0.6) is 138 Å². The standard InChI is InChI=1S/C92H64O24/c93-85(94)17-13-65-69-37-70-66(14-18-86(95)96)72-39-74-68(16-20-88(99)100)76-40-75-67(15-19-87(97)98)73-38-71(65)79-42-81(73)113-91-47-25-61-35-63(27-47)107-55-11-4-12-56(32-55)108-64-28-48-26-62(36-64)106-54-10-3-8-52(31-54)104-60-24-46-22-58(34-60)102-50-6-1-5-49(29-50)101-57-21-45(23-59(33-57)103-51-7-2-9-53(30-51)105-61)89(111-79)109-77(69)41-78(70)110-90(46)112-80(72)43-82(74)114-92(48)116-84(76)44-83(75)115-91/h1-12,21-44,65-68,89-92H,13-20H2,(H,93,94)(H,95,96)(H,97,98)(H,99,100). The van der Waals surface area contributed by atoms with Gasteiger partial charge in [-0.3, -0.25) is 19.2 Å². The van der Waals surface area contributed by atoms with E-state index in [1.807, 2.05) is 24.3 Å². The minimum absolute atomic E-state index is 0.112. The molecule has 21 rings (SSSR count). The zero-order chi connectivity index (χ0) is 78.1. The predicted molar refractivity (Wildman–Crippen MR) is 409 cm³/mol. The van der Waals surface area contributed by atoms with Crippen LogP contribution in [0.4, 0.5) is 0 Å². The highest BCUT2D eigenvalue weighted by Gasteiger charge is 2.43. The van der Waals surface area contributed by atoms with Crippen LogP contribution >= 0.6 is 0 Å². The van der Waals surface area contributed by atoms with Crippen molar-refractivity contribution in [2.75, 3.05) is 0 Å². The Hall–Kier alpha value is -14.7. The summed E-state index contributed by atoms with van der Waals surface area (Å²) in [7, 11) is 0. The second-order valence-electron chi connectivity index (χ2n) is 29.6. The van der Waals surface area contributed by atoms with Gasteiger partial charge < -0.3 is 96.2 Å². The molecule has 0 saturated carbocycles. The summed E-state index contributed by atoms with van der Waals surface area (Å²) >= 11 is 0. The highest BCUT2D eigenvalue weighted by molar-refractivity contribution is 5.72. The summed E-state index contributed by atoms with van der Waals surface area (Å²) < 4.78 is 116. The number of benzene rings is 12. The maximum atomic E-state index is 13.5. The molecule has 0 fully saturated rings. The van der Waals surface area contributed by atoms with Gasteiger partial charge in [0.25, 0.3) is 25.2 Å². The van der Waals surface area contributed by atoms with E-state index in [0.717, 1.165) is 0 Å². The van der Waals surface area contributed by atoms with E-state index in [2.05, 4.69) is 0 Å². The summed E-state index contributed by atoms with van der Waals surface area (Å²) in [6, 6.07) is 62.6. The van der Waals surface area contributed by atoms with Gasteiger partial charge in [-0.2, -0.15) is 0 Å². The molecule has 0 unspecified atom stereocenters. The number of carbonyl (C=O) groups is 4. The van der Waals surface area contributed by atoms with Crippen molar-refractivity contribution in [3.05, 3.63) is 285 Å². The Morgan fingerprint density at radius 1 is 0.207 bits per heavy atom. The Balaban J connectivity index is 0.964. The van der Waals surface area contributed by atoms with Gasteiger partial charge in [0, 0.05) is 189 Å². The lowest BCUT2D eigenvalue weighted by atomic mass is 9.76. The molecular formula is C92H64O24. The van der Waals surface area contributed by atoms with Crippen molar-refractivity contribution in [3.63, 3.8) is 0 Å². The van der Waals surface area contributed by atoms with Crippen molar-refractivity contribution in [2.45, 2.75) is 100 Å². The average Bonchev–Trinajstić information content (AvgIpc) is 0.727. The number of rotatable bonds is 12. The highest BCUT2D eigenvalue weighted by atomic mass is 16.7. The van der Waals surface area contributed by atoms with Gasteiger partial charge in [-0.05, 0) is 147 Å². The van der Waals surface area contributed by atoms with Crippen LogP contribution in [-0.2, 0) is 19.2 Å². The van der Waals surface area contributed by atoms with E-state index in [9.17, 15) is 39.6 Å². The molecule has 40 bridgehead atoms. The topological polar surface area (TPSA) is 297 Å². The summed E-state index contributed by atoms with van der Waals surface area (Å²) in [6.07, 6.45) is -8.32. The fourth-order valence-electron chi connectivity index (χ4n) is 16.8. The molecule has 116 heavy (non-hydrogen) atoms. The molecule has 9 aliphatic rings. The van der Waals surface area contributed by atoms with E-state index in [4.69, 9.17) is 75.8 Å². The van der Waals surface area contributed by atoms with Crippen molar-refractivity contribution in [1.29, 1.82) is 0 Å². The Bertz CT molecular complexity index is 5140. The van der Waals surface area contributed by atoms with E-state index >= 15 is 0 Å². The van der Waals surface area contributed by atoms with Crippen LogP contribution in [-0.4, -0.2) is 44.3 Å². The summed E-state index contributed by atoms with van der Waals surface area (Å²) in [5.74, 6) is -3.41. The summed E-state index contributed by atoms with van der Waals surface area (Å²) in [5.41, 5.74) is 4.42. The number of ether oxygens (including phenoxy) is 16. The lowest BCUT2D eigenvalue weighted by molar-refractivity contribution is -0.138. The van der Waals surface area contributed by atoms with E-state index in [1.54, 1.807) is 194 Å².